The number of carbonyl (C=O) groups excluding carboxylic acids is 1. The number of allylic oxidation sites excluding steroid dienone is 1. The standard InChI is InChI=1S/C50H88O4/c1-10-11-12-13-14-15-16-17-18-19-20-21-22-23-24-25-26-27-44(53)54-43-31-33-48(7)39-29-28-38-45-37(36(2)3)30-32-47(45,6)35-42(52)49(38,8)50(39,9)41(51)34-40(48)46(43,4)5/h37-43,45,51-52H,2,10-35H2,1,3-9H3. The number of hydrogen-bond acceptors (Lipinski definition) is 4. The molecule has 0 aromatic heterocycles. The van der Waals surface area contributed by atoms with Gasteiger partial charge in [0, 0.05) is 22.7 Å². The van der Waals surface area contributed by atoms with Gasteiger partial charge in [-0.25, -0.2) is 0 Å². The van der Waals surface area contributed by atoms with Crippen molar-refractivity contribution >= 4 is 5.97 Å². The number of hydrogen-bond donors (Lipinski definition) is 2. The third-order valence-electron chi connectivity index (χ3n) is 18.3. The van der Waals surface area contributed by atoms with Crippen molar-refractivity contribution in [1.82, 2.24) is 0 Å². The van der Waals surface area contributed by atoms with E-state index in [9.17, 15) is 15.0 Å². The quantitative estimate of drug-likeness (QED) is 0.0738. The number of aliphatic hydroxyl groups excluding tert-OH is 2. The van der Waals surface area contributed by atoms with Crippen LogP contribution in [0.15, 0.2) is 12.2 Å². The van der Waals surface area contributed by atoms with Crippen LogP contribution in [0.1, 0.15) is 222 Å². The van der Waals surface area contributed by atoms with Gasteiger partial charge in [0.25, 0.3) is 0 Å². The van der Waals surface area contributed by atoms with Crippen LogP contribution in [-0.2, 0) is 9.53 Å². The van der Waals surface area contributed by atoms with Crippen molar-refractivity contribution in [1.29, 1.82) is 0 Å². The van der Waals surface area contributed by atoms with Crippen LogP contribution in [0.2, 0.25) is 0 Å². The van der Waals surface area contributed by atoms with Crippen molar-refractivity contribution in [2.45, 2.75) is 241 Å². The Morgan fingerprint density at radius 2 is 1.20 bits per heavy atom. The van der Waals surface area contributed by atoms with E-state index in [2.05, 4.69) is 62.0 Å². The van der Waals surface area contributed by atoms with Crippen LogP contribution in [0, 0.1) is 56.7 Å². The fraction of sp³-hybridized carbons (Fsp3) is 0.940. The maximum Gasteiger partial charge on any atom is 0.306 e. The number of unbranched alkanes of at least 4 members (excludes halogenated alkanes) is 16. The molecule has 5 fully saturated rings. The SMILES string of the molecule is C=C(C)C1CCC2(C)CC(O)C3(C)C(CCC4C5(C)CCC(OC(=O)CCCCCCCCCCCCCCCCCCC)C(C)(C)C5CC(O)C43C)C12. The average molecular weight is 753 g/mol. The summed E-state index contributed by atoms with van der Waals surface area (Å²) in [6.45, 7) is 23.3. The molecule has 2 N–H and O–H groups in total. The predicted molar refractivity (Wildman–Crippen MR) is 226 cm³/mol. The lowest BCUT2D eigenvalue weighted by Gasteiger charge is -2.74. The highest BCUT2D eigenvalue weighted by atomic mass is 16.5. The molecule has 4 heteroatoms. The van der Waals surface area contributed by atoms with Crippen molar-refractivity contribution in [3.63, 3.8) is 0 Å². The van der Waals surface area contributed by atoms with Crippen LogP contribution in [0.3, 0.4) is 0 Å². The number of ether oxygens (including phenoxy) is 1. The smallest absolute Gasteiger partial charge is 0.306 e. The van der Waals surface area contributed by atoms with E-state index in [1.54, 1.807) is 0 Å². The molecule has 0 heterocycles. The van der Waals surface area contributed by atoms with E-state index in [0.29, 0.717) is 30.1 Å². The maximum atomic E-state index is 13.3. The van der Waals surface area contributed by atoms with E-state index < -0.39 is 12.2 Å². The molecule has 5 rings (SSSR count). The number of rotatable bonds is 20. The molecule has 5 saturated carbocycles. The van der Waals surface area contributed by atoms with Gasteiger partial charge in [-0.05, 0) is 105 Å². The van der Waals surface area contributed by atoms with Gasteiger partial charge in [0.1, 0.15) is 6.10 Å². The van der Waals surface area contributed by atoms with Crippen LogP contribution in [0.25, 0.3) is 0 Å². The summed E-state index contributed by atoms with van der Waals surface area (Å²) in [7, 11) is 0. The zero-order valence-corrected chi connectivity index (χ0v) is 36.9. The molecule has 0 radical (unpaired) electrons. The van der Waals surface area contributed by atoms with E-state index >= 15 is 0 Å². The van der Waals surface area contributed by atoms with Crippen LogP contribution < -0.4 is 0 Å². The van der Waals surface area contributed by atoms with Crippen LogP contribution in [0.4, 0.5) is 0 Å². The molecule has 54 heavy (non-hydrogen) atoms. The summed E-state index contributed by atoms with van der Waals surface area (Å²) in [5, 5.41) is 24.8. The minimum Gasteiger partial charge on any atom is -0.462 e. The predicted octanol–water partition coefficient (Wildman–Crippen LogP) is 13.6. The third-order valence-corrected chi connectivity index (χ3v) is 18.3. The molecule has 0 amide bonds. The Labute approximate surface area is 334 Å². The molecular formula is C50H88O4. The summed E-state index contributed by atoms with van der Waals surface area (Å²) in [5.41, 5.74) is 0.578. The zero-order valence-electron chi connectivity index (χ0n) is 36.9. The first-order valence-corrected chi connectivity index (χ1v) is 23.8. The fourth-order valence-electron chi connectivity index (χ4n) is 15.0. The van der Waals surface area contributed by atoms with Crippen molar-refractivity contribution in [2.24, 2.45) is 56.7 Å². The second-order valence-corrected chi connectivity index (χ2v) is 21.7. The molecule has 4 nitrogen and oxygen atoms in total. The fourth-order valence-corrected chi connectivity index (χ4v) is 15.0. The third kappa shape index (κ3) is 8.48. The molecule has 0 bridgehead atoms. The largest absolute Gasteiger partial charge is 0.462 e. The molecule has 0 saturated heterocycles. The van der Waals surface area contributed by atoms with Crippen molar-refractivity contribution in [3.05, 3.63) is 12.2 Å². The minimum atomic E-state index is -0.485. The van der Waals surface area contributed by atoms with Crippen molar-refractivity contribution in [3.8, 4) is 0 Å². The van der Waals surface area contributed by atoms with Gasteiger partial charge in [-0.1, -0.05) is 163 Å². The van der Waals surface area contributed by atoms with Crippen molar-refractivity contribution < 1.29 is 19.7 Å². The Kier molecular flexibility index (Phi) is 15.0. The molecule has 0 aromatic rings. The lowest BCUT2D eigenvalue weighted by Crippen LogP contribution is -2.73. The van der Waals surface area contributed by atoms with Gasteiger partial charge in [-0.3, -0.25) is 4.79 Å². The van der Waals surface area contributed by atoms with Gasteiger partial charge >= 0.3 is 5.97 Å². The summed E-state index contributed by atoms with van der Waals surface area (Å²) in [5.74, 6) is 2.02. The van der Waals surface area contributed by atoms with Gasteiger partial charge in [0.05, 0.1) is 12.2 Å². The average Bonchev–Trinajstić information content (AvgIpc) is 3.46. The van der Waals surface area contributed by atoms with E-state index in [-0.39, 0.29) is 45.1 Å². The molecular weight excluding hydrogens is 665 g/mol. The Bertz CT molecular complexity index is 1220. The number of esters is 1. The van der Waals surface area contributed by atoms with Crippen molar-refractivity contribution in [2.75, 3.05) is 0 Å². The normalized spacial score (nSPS) is 41.0. The van der Waals surface area contributed by atoms with E-state index in [0.717, 1.165) is 51.4 Å². The van der Waals surface area contributed by atoms with E-state index in [1.165, 1.54) is 115 Å². The zero-order chi connectivity index (χ0) is 39.4. The topological polar surface area (TPSA) is 66.8 Å². The first-order valence-electron chi connectivity index (χ1n) is 23.8. The highest BCUT2D eigenvalue weighted by molar-refractivity contribution is 5.69. The molecule has 312 valence electrons. The lowest BCUT2D eigenvalue weighted by atomic mass is 9.31. The summed E-state index contributed by atoms with van der Waals surface area (Å²) in [4.78, 5) is 13.3. The van der Waals surface area contributed by atoms with Gasteiger partial charge in [0.2, 0.25) is 0 Å². The van der Waals surface area contributed by atoms with E-state index in [4.69, 9.17) is 4.74 Å². The highest BCUT2D eigenvalue weighted by Crippen LogP contribution is 2.77. The molecule has 5 aliphatic carbocycles. The molecule has 12 unspecified atom stereocenters. The Balaban J connectivity index is 1.06. The summed E-state index contributed by atoms with van der Waals surface area (Å²) < 4.78 is 6.37. The molecule has 5 aliphatic rings. The number of fused-ring (bicyclic) bond motifs is 7. The van der Waals surface area contributed by atoms with Gasteiger partial charge in [0.15, 0.2) is 0 Å². The van der Waals surface area contributed by atoms with Gasteiger partial charge in [-0.2, -0.15) is 0 Å². The van der Waals surface area contributed by atoms with Crippen LogP contribution >= 0.6 is 0 Å². The monoisotopic (exact) mass is 753 g/mol. The second kappa shape index (κ2) is 18.4. The molecule has 0 aromatic carbocycles. The minimum absolute atomic E-state index is 0.0242. The molecule has 0 aliphatic heterocycles. The maximum absolute atomic E-state index is 13.3. The summed E-state index contributed by atoms with van der Waals surface area (Å²) in [6.07, 6.45) is 30.4. The Morgan fingerprint density at radius 1 is 0.667 bits per heavy atom. The van der Waals surface area contributed by atoms with Gasteiger partial charge < -0.3 is 14.9 Å². The van der Waals surface area contributed by atoms with Gasteiger partial charge in [-0.15, -0.1) is 0 Å². The van der Waals surface area contributed by atoms with Crippen LogP contribution in [-0.4, -0.2) is 34.5 Å². The van der Waals surface area contributed by atoms with E-state index in [1.807, 2.05) is 0 Å². The molecule has 0 spiro atoms. The first kappa shape index (κ1) is 44.2. The highest BCUT2D eigenvalue weighted by Gasteiger charge is 2.75. The first-order chi connectivity index (χ1) is 25.6. The molecule has 12 atom stereocenters. The number of carbonyl (C=O) groups is 1. The van der Waals surface area contributed by atoms with Crippen LogP contribution in [0.5, 0.6) is 0 Å². The Hall–Kier alpha value is -0.870. The number of aliphatic hydroxyl groups is 2. The summed E-state index contributed by atoms with van der Waals surface area (Å²) >= 11 is 0. The second-order valence-electron chi connectivity index (χ2n) is 21.7. The Morgan fingerprint density at radius 3 is 1.74 bits per heavy atom. The summed E-state index contributed by atoms with van der Waals surface area (Å²) in [6, 6.07) is 0. The lowest BCUT2D eigenvalue weighted by molar-refractivity contribution is -0.306.